The zero-order chi connectivity index (χ0) is 16.8. The number of carbonyl (C=O) groups is 2. The highest BCUT2D eigenvalue weighted by Crippen LogP contribution is 2.13. The molecule has 1 aliphatic rings. The highest BCUT2D eigenvalue weighted by Gasteiger charge is 2.16. The van der Waals surface area contributed by atoms with E-state index in [-0.39, 0.29) is 11.8 Å². The molecule has 0 saturated carbocycles. The predicted molar refractivity (Wildman–Crippen MR) is 89.7 cm³/mol. The van der Waals surface area contributed by atoms with Crippen LogP contribution in [0.2, 0.25) is 0 Å². The molecule has 0 unspecified atom stereocenters. The van der Waals surface area contributed by atoms with Gasteiger partial charge in [-0.25, -0.2) is 0 Å². The maximum absolute atomic E-state index is 12.2. The summed E-state index contributed by atoms with van der Waals surface area (Å²) in [6.07, 6.45) is 3.52. The Labute approximate surface area is 140 Å². The van der Waals surface area contributed by atoms with Crippen LogP contribution in [-0.4, -0.2) is 48.0 Å². The minimum atomic E-state index is -0.186. The molecule has 2 amide bonds. The van der Waals surface area contributed by atoms with Gasteiger partial charge in [0.1, 0.15) is 0 Å². The van der Waals surface area contributed by atoms with Crippen molar-refractivity contribution in [2.75, 3.05) is 31.6 Å². The number of hydrogen-bond acceptors (Lipinski definition) is 4. The number of nitrogens with one attached hydrogen (secondary N) is 1. The molecule has 1 aliphatic heterocycles. The van der Waals surface area contributed by atoms with Gasteiger partial charge in [0.05, 0.1) is 19.6 Å². The van der Waals surface area contributed by atoms with Crippen LogP contribution < -0.4 is 5.32 Å². The third-order valence-corrected chi connectivity index (χ3v) is 3.87. The maximum Gasteiger partial charge on any atom is 0.255 e. The van der Waals surface area contributed by atoms with Crippen LogP contribution in [-0.2, 0) is 16.0 Å². The quantitative estimate of drug-likeness (QED) is 0.929. The molecule has 2 aromatic rings. The van der Waals surface area contributed by atoms with E-state index in [1.54, 1.807) is 36.7 Å². The van der Waals surface area contributed by atoms with Crippen LogP contribution in [0.3, 0.4) is 0 Å². The Balaban J connectivity index is 1.57. The molecule has 0 aliphatic carbocycles. The lowest BCUT2D eigenvalue weighted by atomic mass is 10.1. The number of benzene rings is 1. The highest BCUT2D eigenvalue weighted by atomic mass is 16.5. The second-order valence-electron chi connectivity index (χ2n) is 5.56. The number of anilines is 1. The van der Waals surface area contributed by atoms with Crippen LogP contribution in [0.5, 0.6) is 0 Å². The second-order valence-corrected chi connectivity index (χ2v) is 5.56. The number of pyridine rings is 1. The topological polar surface area (TPSA) is 71.5 Å². The van der Waals surface area contributed by atoms with Gasteiger partial charge in [-0.3, -0.25) is 14.6 Å². The smallest absolute Gasteiger partial charge is 0.255 e. The van der Waals surface area contributed by atoms with Crippen molar-refractivity contribution >= 4 is 17.5 Å². The van der Waals surface area contributed by atoms with Gasteiger partial charge in [-0.1, -0.05) is 12.1 Å². The van der Waals surface area contributed by atoms with E-state index in [0.29, 0.717) is 44.0 Å². The van der Waals surface area contributed by atoms with Gasteiger partial charge in [0.25, 0.3) is 5.91 Å². The van der Waals surface area contributed by atoms with Crippen molar-refractivity contribution in [3.05, 3.63) is 59.9 Å². The van der Waals surface area contributed by atoms with Gasteiger partial charge in [0.2, 0.25) is 5.91 Å². The molecule has 6 nitrogen and oxygen atoms in total. The Morgan fingerprint density at radius 2 is 1.71 bits per heavy atom. The Morgan fingerprint density at radius 3 is 2.38 bits per heavy atom. The van der Waals surface area contributed by atoms with Gasteiger partial charge in [-0.2, -0.15) is 0 Å². The monoisotopic (exact) mass is 325 g/mol. The van der Waals surface area contributed by atoms with Crippen molar-refractivity contribution in [2.45, 2.75) is 6.42 Å². The molecule has 0 atom stereocenters. The summed E-state index contributed by atoms with van der Waals surface area (Å²) in [5.41, 5.74) is 2.17. The van der Waals surface area contributed by atoms with Crippen LogP contribution in [0.15, 0.2) is 48.8 Å². The van der Waals surface area contributed by atoms with Gasteiger partial charge < -0.3 is 15.0 Å². The molecule has 0 spiro atoms. The normalized spacial score (nSPS) is 14.2. The van der Waals surface area contributed by atoms with E-state index in [0.717, 1.165) is 5.56 Å². The van der Waals surface area contributed by atoms with Gasteiger partial charge in [0, 0.05) is 36.7 Å². The number of morpholine rings is 1. The average Bonchev–Trinajstić information content (AvgIpc) is 2.65. The van der Waals surface area contributed by atoms with Gasteiger partial charge >= 0.3 is 0 Å². The van der Waals surface area contributed by atoms with Gasteiger partial charge in [-0.05, 0) is 29.8 Å². The SMILES string of the molecule is O=C(Nc1ccc(CC(=O)N2CCOCC2)cc1)c1ccncc1. The summed E-state index contributed by atoms with van der Waals surface area (Å²) in [6.45, 7) is 2.51. The number of nitrogens with zero attached hydrogens (tertiary/aromatic N) is 2. The van der Waals surface area contributed by atoms with Crippen LogP contribution in [0, 0.1) is 0 Å². The molecule has 1 aromatic carbocycles. The number of carbonyl (C=O) groups excluding carboxylic acids is 2. The Morgan fingerprint density at radius 1 is 1.04 bits per heavy atom. The zero-order valence-electron chi connectivity index (χ0n) is 13.3. The van der Waals surface area contributed by atoms with Crippen molar-refractivity contribution in [3.63, 3.8) is 0 Å². The van der Waals surface area contributed by atoms with E-state index in [9.17, 15) is 9.59 Å². The fourth-order valence-electron chi connectivity index (χ4n) is 2.51. The zero-order valence-corrected chi connectivity index (χ0v) is 13.3. The number of rotatable bonds is 4. The summed E-state index contributed by atoms with van der Waals surface area (Å²) < 4.78 is 5.25. The van der Waals surface area contributed by atoms with E-state index in [1.807, 2.05) is 17.0 Å². The third kappa shape index (κ3) is 4.17. The molecule has 2 heterocycles. The lowest BCUT2D eigenvalue weighted by Gasteiger charge is -2.26. The first-order chi connectivity index (χ1) is 11.7. The van der Waals surface area contributed by atoms with Crippen LogP contribution in [0.4, 0.5) is 5.69 Å². The molecule has 1 N–H and O–H groups in total. The highest BCUT2D eigenvalue weighted by molar-refractivity contribution is 6.04. The summed E-state index contributed by atoms with van der Waals surface area (Å²) in [4.78, 5) is 30.0. The lowest BCUT2D eigenvalue weighted by Crippen LogP contribution is -2.41. The molecule has 1 aromatic heterocycles. The Kier molecular flexibility index (Phi) is 5.18. The summed E-state index contributed by atoms with van der Waals surface area (Å²) >= 11 is 0. The average molecular weight is 325 g/mol. The largest absolute Gasteiger partial charge is 0.378 e. The molecule has 0 radical (unpaired) electrons. The maximum atomic E-state index is 12.2. The molecule has 124 valence electrons. The first-order valence-corrected chi connectivity index (χ1v) is 7.88. The Bertz CT molecular complexity index is 695. The van der Waals surface area contributed by atoms with Crippen molar-refractivity contribution < 1.29 is 14.3 Å². The molecule has 0 bridgehead atoms. The summed E-state index contributed by atoms with van der Waals surface area (Å²) in [5.74, 6) is -0.0820. The molecular weight excluding hydrogens is 306 g/mol. The standard InChI is InChI=1S/C18H19N3O3/c22-17(21-9-11-24-12-10-21)13-14-1-3-16(4-2-14)20-18(23)15-5-7-19-8-6-15/h1-8H,9-13H2,(H,20,23). The van der Waals surface area contributed by atoms with Crippen molar-refractivity contribution in [3.8, 4) is 0 Å². The Hall–Kier alpha value is -2.73. The molecular formula is C18H19N3O3. The van der Waals surface area contributed by atoms with Crippen LogP contribution in [0.25, 0.3) is 0 Å². The molecule has 3 rings (SSSR count). The van der Waals surface area contributed by atoms with Crippen LogP contribution in [0.1, 0.15) is 15.9 Å². The number of aromatic nitrogens is 1. The van der Waals surface area contributed by atoms with Crippen molar-refractivity contribution in [1.82, 2.24) is 9.88 Å². The van der Waals surface area contributed by atoms with E-state index in [1.165, 1.54) is 0 Å². The number of hydrogen-bond donors (Lipinski definition) is 1. The fourth-order valence-corrected chi connectivity index (χ4v) is 2.51. The number of amides is 2. The molecule has 1 saturated heterocycles. The predicted octanol–water partition coefficient (Wildman–Crippen LogP) is 1.74. The van der Waals surface area contributed by atoms with E-state index in [2.05, 4.69) is 10.3 Å². The number of ether oxygens (including phenoxy) is 1. The summed E-state index contributed by atoms with van der Waals surface area (Å²) in [5, 5.41) is 2.82. The summed E-state index contributed by atoms with van der Waals surface area (Å²) in [6, 6.07) is 10.7. The van der Waals surface area contributed by atoms with E-state index < -0.39 is 0 Å². The first kappa shape index (κ1) is 16.1. The minimum Gasteiger partial charge on any atom is -0.378 e. The second kappa shape index (κ2) is 7.70. The third-order valence-electron chi connectivity index (χ3n) is 3.87. The molecule has 6 heteroatoms. The van der Waals surface area contributed by atoms with E-state index in [4.69, 9.17) is 4.74 Å². The molecule has 24 heavy (non-hydrogen) atoms. The molecule has 1 fully saturated rings. The summed E-state index contributed by atoms with van der Waals surface area (Å²) in [7, 11) is 0. The van der Waals surface area contributed by atoms with Gasteiger partial charge in [-0.15, -0.1) is 0 Å². The van der Waals surface area contributed by atoms with Crippen molar-refractivity contribution in [2.24, 2.45) is 0 Å². The van der Waals surface area contributed by atoms with Crippen LogP contribution >= 0.6 is 0 Å². The van der Waals surface area contributed by atoms with Crippen molar-refractivity contribution in [1.29, 1.82) is 0 Å². The fraction of sp³-hybridized carbons (Fsp3) is 0.278. The van der Waals surface area contributed by atoms with Gasteiger partial charge in [0.15, 0.2) is 0 Å². The lowest BCUT2D eigenvalue weighted by molar-refractivity contribution is -0.134. The first-order valence-electron chi connectivity index (χ1n) is 7.88. The van der Waals surface area contributed by atoms with E-state index >= 15 is 0 Å². The minimum absolute atomic E-state index is 0.104.